The Morgan fingerprint density at radius 2 is 2.04 bits per heavy atom. The number of alkyl halides is 3. The number of carboxylic acids is 1. The number of aromatic nitrogens is 1. The van der Waals surface area contributed by atoms with Gasteiger partial charge in [-0.25, -0.2) is 9.78 Å². The third-order valence-electron chi connectivity index (χ3n) is 4.75. The van der Waals surface area contributed by atoms with Crippen molar-refractivity contribution in [1.29, 1.82) is 0 Å². The number of carbonyl (C=O) groups is 2. The lowest BCUT2D eigenvalue weighted by Crippen LogP contribution is -2.39. The minimum Gasteiger partial charge on any atom is -0.481 e. The molecule has 7 nitrogen and oxygen atoms in total. The average molecular weight is 387 g/mol. The molecule has 1 aliphatic heterocycles. The Morgan fingerprint density at radius 3 is 2.56 bits per heavy atom. The van der Waals surface area contributed by atoms with Crippen molar-refractivity contribution in [2.24, 2.45) is 17.8 Å². The number of carboxylic acid groups (broad SMARTS) is 1. The van der Waals surface area contributed by atoms with E-state index in [9.17, 15) is 22.8 Å². The number of likely N-dealkylation sites (tertiary alicyclic amines) is 1. The van der Waals surface area contributed by atoms with Crippen molar-refractivity contribution in [3.63, 3.8) is 0 Å². The second kappa shape index (κ2) is 7.61. The number of halogens is 3. The molecule has 1 saturated carbocycles. The summed E-state index contributed by atoms with van der Waals surface area (Å²) in [6.45, 7) is -0.446. The summed E-state index contributed by atoms with van der Waals surface area (Å²) in [5.41, 5.74) is 0.656. The minimum atomic E-state index is -4.67. The van der Waals surface area contributed by atoms with Gasteiger partial charge < -0.3 is 20.1 Å². The smallest absolute Gasteiger partial charge is 0.394 e. The Balaban J connectivity index is 1.50. The molecule has 1 saturated heterocycles. The fourth-order valence-electron chi connectivity index (χ4n) is 2.93. The van der Waals surface area contributed by atoms with E-state index in [4.69, 9.17) is 9.84 Å². The van der Waals surface area contributed by atoms with Crippen molar-refractivity contribution in [2.45, 2.75) is 25.6 Å². The van der Waals surface area contributed by atoms with Crippen molar-refractivity contribution in [2.75, 3.05) is 19.7 Å². The van der Waals surface area contributed by atoms with Crippen LogP contribution in [0.15, 0.2) is 18.3 Å². The summed E-state index contributed by atoms with van der Waals surface area (Å²) < 4.78 is 44.4. The summed E-state index contributed by atoms with van der Waals surface area (Å²) in [7, 11) is 0. The van der Waals surface area contributed by atoms with Crippen LogP contribution in [0, 0.1) is 17.8 Å². The van der Waals surface area contributed by atoms with Crippen LogP contribution in [-0.4, -0.2) is 52.9 Å². The molecule has 2 fully saturated rings. The number of rotatable bonds is 6. The molecule has 1 aromatic rings. The predicted octanol–water partition coefficient (Wildman–Crippen LogP) is 2.27. The van der Waals surface area contributed by atoms with E-state index < -0.39 is 43.1 Å². The maximum atomic E-state index is 13.0. The van der Waals surface area contributed by atoms with Gasteiger partial charge >= 0.3 is 18.2 Å². The highest BCUT2D eigenvalue weighted by atomic mass is 19.4. The first-order valence-corrected chi connectivity index (χ1v) is 8.64. The fraction of sp³-hybridized carbons (Fsp3) is 0.588. The van der Waals surface area contributed by atoms with E-state index in [1.54, 1.807) is 12.1 Å². The lowest BCUT2D eigenvalue weighted by Gasteiger charge is -2.18. The molecule has 2 amide bonds. The van der Waals surface area contributed by atoms with E-state index in [-0.39, 0.29) is 6.54 Å². The van der Waals surface area contributed by atoms with Gasteiger partial charge in [-0.1, -0.05) is 6.07 Å². The largest absolute Gasteiger partial charge is 0.481 e. The van der Waals surface area contributed by atoms with Crippen molar-refractivity contribution in [3.8, 4) is 5.88 Å². The topological polar surface area (TPSA) is 91.8 Å². The minimum absolute atomic E-state index is 0.0691. The molecule has 1 aromatic heterocycles. The first-order chi connectivity index (χ1) is 12.7. The van der Waals surface area contributed by atoms with E-state index in [1.807, 2.05) is 0 Å². The van der Waals surface area contributed by atoms with Gasteiger partial charge in [0.05, 0.1) is 18.4 Å². The Hall–Kier alpha value is -2.52. The van der Waals surface area contributed by atoms with Crippen LogP contribution in [0.4, 0.5) is 18.0 Å². The predicted molar refractivity (Wildman–Crippen MR) is 86.9 cm³/mol. The van der Waals surface area contributed by atoms with Gasteiger partial charge in [0.15, 0.2) is 0 Å². The Kier molecular flexibility index (Phi) is 5.43. The molecule has 2 atom stereocenters. The molecule has 2 N–H and O–H groups in total. The normalized spacial score (nSPS) is 22.6. The molecule has 0 bridgehead atoms. The van der Waals surface area contributed by atoms with Crippen LogP contribution in [0.25, 0.3) is 0 Å². The summed E-state index contributed by atoms with van der Waals surface area (Å²) in [4.78, 5) is 28.2. The Morgan fingerprint density at radius 1 is 1.30 bits per heavy atom. The number of aliphatic carboxylic acids is 1. The van der Waals surface area contributed by atoms with Crippen LogP contribution in [0.5, 0.6) is 5.88 Å². The standard InChI is InChI=1S/C17H20F3N3O4/c18-17(19,20)13-8-23(7-12(13)15(24)25)16(26)22-6-11-3-4-14(21-5-11)27-9-10-1-2-10/h3-5,10,12-13H,1-2,6-9H2,(H,22,26)(H,24,25)/t12-,13-/m1/s1. The zero-order valence-electron chi connectivity index (χ0n) is 14.4. The average Bonchev–Trinajstić information content (AvgIpc) is 3.32. The number of pyridine rings is 1. The summed E-state index contributed by atoms with van der Waals surface area (Å²) in [5.74, 6) is -4.19. The number of amides is 2. The van der Waals surface area contributed by atoms with Gasteiger partial charge in [-0.15, -0.1) is 0 Å². The van der Waals surface area contributed by atoms with Crippen LogP contribution in [0.3, 0.4) is 0 Å². The first-order valence-electron chi connectivity index (χ1n) is 8.64. The second-order valence-electron chi connectivity index (χ2n) is 6.92. The number of urea groups is 1. The maximum Gasteiger partial charge on any atom is 0.394 e. The van der Waals surface area contributed by atoms with Crippen LogP contribution < -0.4 is 10.1 Å². The third kappa shape index (κ3) is 5.01. The molecule has 148 valence electrons. The van der Waals surface area contributed by atoms with Crippen molar-refractivity contribution in [1.82, 2.24) is 15.2 Å². The van der Waals surface area contributed by atoms with Crippen LogP contribution in [0.2, 0.25) is 0 Å². The van der Waals surface area contributed by atoms with E-state index in [1.165, 1.54) is 19.0 Å². The van der Waals surface area contributed by atoms with Crippen molar-refractivity contribution in [3.05, 3.63) is 23.9 Å². The molecule has 3 rings (SSSR count). The van der Waals surface area contributed by atoms with Gasteiger partial charge in [0, 0.05) is 31.9 Å². The Bertz CT molecular complexity index is 692. The summed E-state index contributed by atoms with van der Waals surface area (Å²) in [5, 5.41) is 11.5. The maximum absolute atomic E-state index is 13.0. The molecule has 0 spiro atoms. The monoisotopic (exact) mass is 387 g/mol. The Labute approximate surface area is 153 Å². The number of ether oxygens (including phenoxy) is 1. The third-order valence-corrected chi connectivity index (χ3v) is 4.75. The van der Waals surface area contributed by atoms with Crippen molar-refractivity contribution >= 4 is 12.0 Å². The highest BCUT2D eigenvalue weighted by Crippen LogP contribution is 2.37. The molecule has 10 heteroatoms. The van der Waals surface area contributed by atoms with Gasteiger partial charge in [0.25, 0.3) is 0 Å². The van der Waals surface area contributed by atoms with Gasteiger partial charge in [0.2, 0.25) is 5.88 Å². The summed E-state index contributed by atoms with van der Waals surface area (Å²) in [6.07, 6.45) is -0.819. The molecule has 2 heterocycles. The highest BCUT2D eigenvalue weighted by molar-refractivity contribution is 5.77. The van der Waals surface area contributed by atoms with E-state index in [2.05, 4.69) is 10.3 Å². The van der Waals surface area contributed by atoms with Gasteiger partial charge in [-0.05, 0) is 24.3 Å². The zero-order valence-corrected chi connectivity index (χ0v) is 14.4. The van der Waals surface area contributed by atoms with Gasteiger partial charge in [-0.2, -0.15) is 13.2 Å². The molecule has 0 aromatic carbocycles. The molecule has 2 aliphatic rings. The lowest BCUT2D eigenvalue weighted by molar-refractivity contribution is -0.187. The van der Waals surface area contributed by atoms with Gasteiger partial charge in [-0.3, -0.25) is 4.79 Å². The molecule has 0 unspecified atom stereocenters. The quantitative estimate of drug-likeness (QED) is 0.781. The lowest BCUT2D eigenvalue weighted by atomic mass is 9.96. The summed E-state index contributed by atoms with van der Waals surface area (Å²) >= 11 is 0. The number of hydrogen-bond acceptors (Lipinski definition) is 4. The van der Waals surface area contributed by atoms with Gasteiger partial charge in [0.1, 0.15) is 0 Å². The zero-order chi connectivity index (χ0) is 19.6. The highest BCUT2D eigenvalue weighted by Gasteiger charge is 2.53. The molecular formula is C17H20F3N3O4. The number of nitrogens with one attached hydrogen (secondary N) is 1. The molecule has 27 heavy (non-hydrogen) atoms. The summed E-state index contributed by atoms with van der Waals surface area (Å²) in [6, 6.07) is 2.64. The number of hydrogen-bond donors (Lipinski definition) is 2. The SMILES string of the molecule is O=C(O)[C@@H]1CN(C(=O)NCc2ccc(OCC3CC3)nc2)C[C@H]1C(F)(F)F. The molecular weight excluding hydrogens is 367 g/mol. The van der Waals surface area contributed by atoms with Crippen LogP contribution in [0.1, 0.15) is 18.4 Å². The number of nitrogens with zero attached hydrogens (tertiary/aromatic N) is 2. The second-order valence-corrected chi connectivity index (χ2v) is 6.92. The van der Waals surface area contributed by atoms with Crippen LogP contribution in [-0.2, 0) is 11.3 Å². The molecule has 0 radical (unpaired) electrons. The first kappa shape index (κ1) is 19.2. The van der Waals surface area contributed by atoms with Crippen LogP contribution >= 0.6 is 0 Å². The van der Waals surface area contributed by atoms with E-state index in [0.717, 1.165) is 4.90 Å². The fourth-order valence-corrected chi connectivity index (χ4v) is 2.93. The molecule has 1 aliphatic carbocycles. The number of carbonyl (C=O) groups excluding carboxylic acids is 1. The van der Waals surface area contributed by atoms with Crippen molar-refractivity contribution < 1.29 is 32.6 Å². The van der Waals surface area contributed by atoms with E-state index in [0.29, 0.717) is 24.0 Å². The van der Waals surface area contributed by atoms with E-state index >= 15 is 0 Å².